The Hall–Kier alpha value is -4.06. The Morgan fingerprint density at radius 3 is 1.69 bits per heavy atom. The third kappa shape index (κ3) is 3.60. The van der Waals surface area contributed by atoms with Crippen LogP contribution in [0.1, 0.15) is 26.3 Å². The number of hydrogen-bond donors (Lipinski definition) is 0. The number of nitrogens with zero attached hydrogens (tertiary/aromatic N) is 4. The summed E-state index contributed by atoms with van der Waals surface area (Å²) in [5.41, 5.74) is 6.12. The van der Waals surface area contributed by atoms with Gasteiger partial charge in [-0.2, -0.15) is 0 Å². The third-order valence-corrected chi connectivity index (χ3v) is 5.40. The van der Waals surface area contributed by atoms with Crippen LogP contribution < -0.4 is 0 Å². The lowest BCUT2D eigenvalue weighted by Crippen LogP contribution is -2.13. The van der Waals surface area contributed by atoms with Crippen molar-refractivity contribution in [1.29, 1.82) is 0 Å². The summed E-state index contributed by atoms with van der Waals surface area (Å²) in [5.74, 6) is 1.29. The van der Waals surface area contributed by atoms with Gasteiger partial charge in [0.1, 0.15) is 11.4 Å². The maximum Gasteiger partial charge on any atom is 0.195 e. The predicted octanol–water partition coefficient (Wildman–Crippen LogP) is 6.42. The monoisotopic (exact) mass is 422 g/mol. The molecule has 0 saturated carbocycles. The predicted molar refractivity (Wildman–Crippen MR) is 123 cm³/mol. The molecular weight excluding hydrogens is 400 g/mol. The van der Waals surface area contributed by atoms with E-state index in [4.69, 9.17) is 9.05 Å². The molecule has 0 aliphatic heterocycles. The van der Waals surface area contributed by atoms with Crippen LogP contribution >= 0.6 is 0 Å². The normalized spacial score (nSPS) is 11.6. The van der Waals surface area contributed by atoms with Gasteiger partial charge >= 0.3 is 0 Å². The molecule has 0 unspecified atom stereocenters. The first-order valence-electron chi connectivity index (χ1n) is 10.4. The Kier molecular flexibility index (Phi) is 4.90. The molecule has 0 N–H and O–H groups in total. The molecule has 2 aromatic heterocycles. The van der Waals surface area contributed by atoms with Gasteiger partial charge in [-0.1, -0.05) is 93.6 Å². The van der Waals surface area contributed by atoms with Crippen molar-refractivity contribution in [2.45, 2.75) is 26.2 Å². The van der Waals surface area contributed by atoms with Gasteiger partial charge < -0.3 is 9.05 Å². The number of aromatic nitrogens is 4. The van der Waals surface area contributed by atoms with Crippen molar-refractivity contribution >= 4 is 0 Å². The fourth-order valence-electron chi connectivity index (χ4n) is 3.82. The van der Waals surface area contributed by atoms with E-state index in [0.717, 1.165) is 27.8 Å². The quantitative estimate of drug-likeness (QED) is 0.333. The molecule has 2 heterocycles. The first-order chi connectivity index (χ1) is 15.5. The molecule has 0 fully saturated rings. The summed E-state index contributed by atoms with van der Waals surface area (Å²) >= 11 is 0. The summed E-state index contributed by atoms with van der Waals surface area (Å²) in [7, 11) is 0. The Bertz CT molecular complexity index is 1350. The summed E-state index contributed by atoms with van der Waals surface area (Å²) in [4.78, 5) is 0. The smallest absolute Gasteiger partial charge is 0.195 e. The molecule has 32 heavy (non-hydrogen) atoms. The highest BCUT2D eigenvalue weighted by atomic mass is 16.5. The van der Waals surface area contributed by atoms with Gasteiger partial charge in [-0.15, -0.1) is 10.2 Å². The fourth-order valence-corrected chi connectivity index (χ4v) is 3.82. The molecule has 3 aromatic carbocycles. The van der Waals surface area contributed by atoms with Gasteiger partial charge in [-0.05, 0) is 17.0 Å². The zero-order valence-corrected chi connectivity index (χ0v) is 18.1. The highest BCUT2D eigenvalue weighted by Gasteiger charge is 2.26. The van der Waals surface area contributed by atoms with Crippen molar-refractivity contribution in [3.8, 4) is 45.2 Å². The minimum Gasteiger partial charge on any atom is -0.336 e. The second kappa shape index (κ2) is 7.89. The van der Waals surface area contributed by atoms with E-state index >= 15 is 0 Å². The van der Waals surface area contributed by atoms with Gasteiger partial charge in [-0.3, -0.25) is 0 Å². The minimum atomic E-state index is -0.164. The molecular formula is C26H22N4O2. The molecule has 5 rings (SSSR count). The summed E-state index contributed by atoms with van der Waals surface area (Å²) in [6.45, 7) is 6.51. The SMILES string of the molecule is CC(C)(C)c1cc(-c2nnoc2-c2ccccc2)ccc1-c1nnoc1-c1ccccc1. The largest absolute Gasteiger partial charge is 0.336 e. The standard InChI is InChI=1S/C26H22N4O2/c1-26(2,3)21-16-19(22-24(31-29-27-22)17-10-6-4-7-11-17)14-15-20(21)23-25(32-30-28-23)18-12-8-5-9-13-18/h4-16H,1-3H3. The first kappa shape index (κ1) is 19.9. The van der Waals surface area contributed by atoms with Gasteiger partial charge in [0.05, 0.1) is 0 Å². The molecule has 0 spiro atoms. The fraction of sp³-hybridized carbons (Fsp3) is 0.154. The van der Waals surface area contributed by atoms with Gasteiger partial charge in [0.25, 0.3) is 0 Å². The molecule has 0 aliphatic carbocycles. The molecule has 158 valence electrons. The average Bonchev–Trinajstić information content (AvgIpc) is 3.49. The van der Waals surface area contributed by atoms with Gasteiger partial charge in [-0.25, -0.2) is 0 Å². The van der Waals surface area contributed by atoms with Crippen LogP contribution in [0.25, 0.3) is 45.2 Å². The van der Waals surface area contributed by atoms with Crippen molar-refractivity contribution < 1.29 is 9.05 Å². The van der Waals surface area contributed by atoms with Crippen molar-refractivity contribution in [2.24, 2.45) is 0 Å². The van der Waals surface area contributed by atoms with Crippen LogP contribution in [0.2, 0.25) is 0 Å². The van der Waals surface area contributed by atoms with Crippen LogP contribution in [0, 0.1) is 0 Å². The Morgan fingerprint density at radius 2 is 1.12 bits per heavy atom. The summed E-state index contributed by atoms with van der Waals surface area (Å²) in [6, 6.07) is 26.0. The van der Waals surface area contributed by atoms with E-state index in [9.17, 15) is 0 Å². The topological polar surface area (TPSA) is 77.8 Å². The zero-order chi connectivity index (χ0) is 22.1. The van der Waals surface area contributed by atoms with E-state index in [1.807, 2.05) is 72.8 Å². The van der Waals surface area contributed by atoms with E-state index in [1.165, 1.54) is 0 Å². The van der Waals surface area contributed by atoms with E-state index in [0.29, 0.717) is 22.9 Å². The lowest BCUT2D eigenvalue weighted by atomic mass is 9.81. The molecule has 0 saturated heterocycles. The van der Waals surface area contributed by atoms with Crippen molar-refractivity contribution in [2.75, 3.05) is 0 Å². The number of rotatable bonds is 4. The van der Waals surface area contributed by atoms with E-state index in [2.05, 4.69) is 47.6 Å². The van der Waals surface area contributed by atoms with E-state index < -0.39 is 0 Å². The Labute approximate surface area is 185 Å². The van der Waals surface area contributed by atoms with Crippen LogP contribution in [0.3, 0.4) is 0 Å². The van der Waals surface area contributed by atoms with Crippen molar-refractivity contribution in [3.05, 3.63) is 84.4 Å². The molecule has 0 atom stereocenters. The lowest BCUT2D eigenvalue weighted by Gasteiger charge is -2.23. The highest BCUT2D eigenvalue weighted by molar-refractivity contribution is 5.82. The molecule has 0 aliphatic rings. The molecule has 6 nitrogen and oxygen atoms in total. The number of hydrogen-bond acceptors (Lipinski definition) is 6. The molecule has 6 heteroatoms. The van der Waals surface area contributed by atoms with Crippen molar-refractivity contribution in [3.63, 3.8) is 0 Å². The summed E-state index contributed by atoms with van der Waals surface area (Å²) in [5, 5.41) is 16.3. The molecule has 0 radical (unpaired) electrons. The first-order valence-corrected chi connectivity index (χ1v) is 10.4. The van der Waals surface area contributed by atoms with E-state index in [1.54, 1.807) is 0 Å². The van der Waals surface area contributed by atoms with Crippen LogP contribution in [0.4, 0.5) is 0 Å². The second-order valence-electron chi connectivity index (χ2n) is 8.64. The summed E-state index contributed by atoms with van der Waals surface area (Å²) in [6.07, 6.45) is 0. The van der Waals surface area contributed by atoms with Crippen molar-refractivity contribution in [1.82, 2.24) is 20.7 Å². The van der Waals surface area contributed by atoms with Gasteiger partial charge in [0.15, 0.2) is 11.5 Å². The minimum absolute atomic E-state index is 0.164. The Morgan fingerprint density at radius 1 is 0.594 bits per heavy atom. The molecule has 5 aromatic rings. The van der Waals surface area contributed by atoms with Crippen LogP contribution in [0.15, 0.2) is 87.9 Å². The Balaban J connectivity index is 1.66. The zero-order valence-electron chi connectivity index (χ0n) is 18.1. The summed E-state index contributed by atoms with van der Waals surface area (Å²) < 4.78 is 11.1. The molecule has 0 amide bonds. The van der Waals surface area contributed by atoms with Gasteiger partial charge in [0, 0.05) is 32.8 Å². The van der Waals surface area contributed by atoms with E-state index in [-0.39, 0.29) is 5.41 Å². The van der Waals surface area contributed by atoms with Crippen LogP contribution in [-0.4, -0.2) is 20.7 Å². The lowest BCUT2D eigenvalue weighted by molar-refractivity contribution is 0.403. The number of benzene rings is 3. The molecule has 0 bridgehead atoms. The average molecular weight is 422 g/mol. The maximum atomic E-state index is 5.55. The third-order valence-electron chi connectivity index (χ3n) is 5.40. The maximum absolute atomic E-state index is 5.55. The second-order valence-corrected chi connectivity index (χ2v) is 8.64. The van der Waals surface area contributed by atoms with Crippen LogP contribution in [-0.2, 0) is 5.41 Å². The van der Waals surface area contributed by atoms with Crippen LogP contribution in [0.5, 0.6) is 0 Å². The highest BCUT2D eigenvalue weighted by Crippen LogP contribution is 2.40. The van der Waals surface area contributed by atoms with Gasteiger partial charge in [0.2, 0.25) is 0 Å².